The minimum Gasteiger partial charge on any atom is -0.480 e. The highest BCUT2D eigenvalue weighted by Crippen LogP contribution is 2.32. The number of thiazole rings is 1. The molecule has 0 fully saturated rings. The van der Waals surface area contributed by atoms with Gasteiger partial charge in [0.25, 0.3) is 0 Å². The second-order valence-corrected chi connectivity index (χ2v) is 19.2. The first-order chi connectivity index (χ1) is 30.4. The van der Waals surface area contributed by atoms with Crippen LogP contribution in [0.2, 0.25) is 0 Å². The number of esters is 2. The minimum atomic E-state index is -1.01. The van der Waals surface area contributed by atoms with Crippen LogP contribution in [0.25, 0.3) is 10.2 Å². The number of unbranched alkanes of at least 4 members (excludes halogenated alkanes) is 2. The molecule has 18 heteroatoms. The lowest BCUT2D eigenvalue weighted by Gasteiger charge is -2.24. The van der Waals surface area contributed by atoms with Gasteiger partial charge in [0.15, 0.2) is 11.8 Å². The molecule has 1 aliphatic rings. The third-order valence-electron chi connectivity index (χ3n) is 10.1. The average Bonchev–Trinajstić information content (AvgIpc) is 3.90. The van der Waals surface area contributed by atoms with Crippen molar-refractivity contribution in [3.63, 3.8) is 0 Å². The van der Waals surface area contributed by atoms with Gasteiger partial charge in [0.1, 0.15) is 22.3 Å². The normalized spacial score (nSPS) is 15.2. The maximum Gasteiger partial charge on any atom is 0.329 e. The van der Waals surface area contributed by atoms with Gasteiger partial charge in [-0.1, -0.05) is 36.8 Å². The number of carbonyl (C=O) groups is 7. The first-order valence-electron chi connectivity index (χ1n) is 21.7. The van der Waals surface area contributed by atoms with Crippen LogP contribution < -0.4 is 16.0 Å². The molecule has 2 heterocycles. The summed E-state index contributed by atoms with van der Waals surface area (Å²) in [5.74, 6) is -5.15. The van der Waals surface area contributed by atoms with Gasteiger partial charge in [-0.15, -0.1) is 23.1 Å². The Balaban J connectivity index is 1.53. The lowest BCUT2D eigenvalue weighted by atomic mass is 9.90. The maximum atomic E-state index is 14.4. The molecule has 1 aromatic heterocycles. The van der Waals surface area contributed by atoms with Crippen molar-refractivity contribution in [2.75, 3.05) is 38.3 Å². The van der Waals surface area contributed by atoms with E-state index in [4.69, 9.17) is 9.47 Å². The number of benzene rings is 2. The first-order valence-corrected chi connectivity index (χ1v) is 23.5. The molecule has 3 amide bonds. The van der Waals surface area contributed by atoms with Gasteiger partial charge in [-0.2, -0.15) is 0 Å². The number of ether oxygens (including phenoxy) is 2. The summed E-state index contributed by atoms with van der Waals surface area (Å²) in [6.45, 7) is 7.80. The largest absolute Gasteiger partial charge is 0.480 e. The molecule has 4 rings (SSSR count). The van der Waals surface area contributed by atoms with Crippen molar-refractivity contribution < 1.29 is 48.1 Å². The number of hydrogen-bond acceptors (Lipinski definition) is 14. The van der Waals surface area contributed by atoms with E-state index in [1.807, 2.05) is 49.3 Å². The third-order valence-corrected chi connectivity index (χ3v) is 12.4. The smallest absolute Gasteiger partial charge is 0.329 e. The number of fused-ring (bicyclic) bond motifs is 1. The number of rotatable bonds is 26. The number of Topliss-reactive ketones (excluding diaryl/α,β-unsaturated/α-hetero) is 1. The van der Waals surface area contributed by atoms with Gasteiger partial charge in [-0.25, -0.2) is 9.78 Å². The summed E-state index contributed by atoms with van der Waals surface area (Å²) in [6.07, 6.45) is 2.34. The summed E-state index contributed by atoms with van der Waals surface area (Å²) in [7, 11) is 3.88. The zero-order valence-corrected chi connectivity index (χ0v) is 39.2. The molecule has 4 N–H and O–H groups in total. The van der Waals surface area contributed by atoms with Gasteiger partial charge in [-0.3, -0.25) is 33.8 Å². The molecule has 64 heavy (non-hydrogen) atoms. The van der Waals surface area contributed by atoms with Crippen molar-refractivity contribution in [1.82, 2.24) is 20.5 Å². The summed E-state index contributed by atoms with van der Waals surface area (Å²) in [4.78, 5) is 102. The van der Waals surface area contributed by atoms with Gasteiger partial charge < -0.3 is 35.4 Å². The molecule has 16 nitrogen and oxygen atoms in total. The van der Waals surface area contributed by atoms with Crippen LogP contribution in [-0.2, 0) is 49.6 Å². The molecule has 0 saturated carbocycles. The van der Waals surface area contributed by atoms with E-state index in [-0.39, 0.29) is 50.4 Å². The van der Waals surface area contributed by atoms with Crippen molar-refractivity contribution in [3.8, 4) is 0 Å². The fourth-order valence-electron chi connectivity index (χ4n) is 6.84. The molecule has 3 aromatic rings. The van der Waals surface area contributed by atoms with Crippen molar-refractivity contribution in [2.45, 2.75) is 116 Å². The Kier molecular flexibility index (Phi) is 20.4. The Hall–Kier alpha value is -5.20. The van der Waals surface area contributed by atoms with Crippen LogP contribution in [-0.4, -0.2) is 112 Å². The van der Waals surface area contributed by atoms with E-state index >= 15 is 0 Å². The van der Waals surface area contributed by atoms with Crippen molar-refractivity contribution >= 4 is 85.5 Å². The van der Waals surface area contributed by atoms with Crippen molar-refractivity contribution in [3.05, 3.63) is 59.1 Å². The van der Waals surface area contributed by atoms with Crippen molar-refractivity contribution in [2.24, 2.45) is 16.8 Å². The second-order valence-electron chi connectivity index (χ2n) is 17.2. The fraction of sp³-hybridized carbons (Fsp3) is 0.543. The highest BCUT2D eigenvalue weighted by Gasteiger charge is 2.32. The number of aromatic nitrogens is 1. The number of aliphatic imine (C=N–C) groups is 1. The van der Waals surface area contributed by atoms with Gasteiger partial charge in [0, 0.05) is 49.6 Å². The first kappa shape index (κ1) is 51.4. The molecule has 2 aromatic carbocycles. The van der Waals surface area contributed by atoms with Gasteiger partial charge in [0.2, 0.25) is 17.7 Å². The van der Waals surface area contributed by atoms with Crippen LogP contribution in [0.1, 0.15) is 102 Å². The van der Waals surface area contributed by atoms with E-state index in [9.17, 15) is 38.7 Å². The molecule has 0 unspecified atom stereocenters. The number of anilines is 1. The molecule has 0 saturated heterocycles. The fourth-order valence-corrected chi connectivity index (χ4v) is 8.94. The molecule has 348 valence electrons. The Morgan fingerprint density at radius 1 is 0.891 bits per heavy atom. The molecule has 0 spiro atoms. The van der Waals surface area contributed by atoms with Crippen LogP contribution >= 0.6 is 23.1 Å². The van der Waals surface area contributed by atoms with E-state index in [0.29, 0.717) is 59.2 Å². The summed E-state index contributed by atoms with van der Waals surface area (Å²) in [5.41, 5.74) is 1.16. The van der Waals surface area contributed by atoms with Crippen LogP contribution in [0.15, 0.2) is 53.5 Å². The highest BCUT2D eigenvalue weighted by atomic mass is 32.2. The average molecular weight is 923 g/mol. The Morgan fingerprint density at radius 2 is 1.61 bits per heavy atom. The van der Waals surface area contributed by atoms with Gasteiger partial charge >= 0.3 is 17.9 Å². The molecular formula is C46H62N6O10S2. The van der Waals surface area contributed by atoms with Crippen molar-refractivity contribution in [1.29, 1.82) is 0 Å². The summed E-state index contributed by atoms with van der Waals surface area (Å²) < 4.78 is 11.7. The quantitative estimate of drug-likeness (QED) is 0.0525. The van der Waals surface area contributed by atoms with Crippen LogP contribution in [0.5, 0.6) is 0 Å². The molecule has 1 aliphatic heterocycles. The van der Waals surface area contributed by atoms with Gasteiger partial charge in [0.05, 0.1) is 22.7 Å². The zero-order chi connectivity index (χ0) is 46.8. The summed E-state index contributed by atoms with van der Waals surface area (Å²) in [5, 5.41) is 19.1. The molecular weight excluding hydrogens is 861 g/mol. The topological polar surface area (TPSA) is 223 Å². The predicted molar refractivity (Wildman–Crippen MR) is 248 cm³/mol. The lowest BCUT2D eigenvalue weighted by molar-refractivity contribution is -0.156. The Labute approximate surface area is 383 Å². The maximum absolute atomic E-state index is 14.4. The van der Waals surface area contributed by atoms with E-state index in [2.05, 4.69) is 25.9 Å². The number of ketones is 1. The second kappa shape index (κ2) is 25.3. The standard InChI is InChI=1S/C46H62N6O10S2/c1-29(53)47-22-12-10-16-31(41(57)48-33-19-20-35-38(26-33)64-44(50-35)43-51-36(28-63-43)45(59)60)24-37(54)34(17-11-13-23-52(5)6)49-42(58)32(18-21-39(55)62-46(2,3)4)25-40(56)61-27-30-14-8-7-9-15-30/h7-9,14-15,19-20,26,31-32,34,36H,10-13,16-18,21-25,27-28H2,1-6H3,(H,47,53)(H,48,57)(H,49,58)(H,59,60)/t31-,32-,34+,36-/m1/s1. The number of nitrogens with one attached hydrogen (secondary N) is 3. The molecule has 4 atom stereocenters. The number of aliphatic carboxylic acids is 1. The summed E-state index contributed by atoms with van der Waals surface area (Å²) >= 11 is 2.66. The number of amides is 3. The van der Waals surface area contributed by atoms with Gasteiger partial charge in [-0.05, 0) is 104 Å². The van der Waals surface area contributed by atoms with Crippen LogP contribution in [0, 0.1) is 11.8 Å². The monoisotopic (exact) mass is 922 g/mol. The number of nitrogens with zero attached hydrogens (tertiary/aromatic N) is 3. The molecule has 0 bridgehead atoms. The number of thioether (sulfide) groups is 1. The lowest BCUT2D eigenvalue weighted by Crippen LogP contribution is -2.45. The highest BCUT2D eigenvalue weighted by molar-refractivity contribution is 8.15. The SMILES string of the molecule is CC(=O)NCCCC[C@H](CC(=O)[C@H](CCCCN(C)C)NC(=O)[C@H](CCC(=O)OC(C)(C)C)CC(=O)OCc1ccccc1)C(=O)Nc1ccc2nc(C3=N[C@@H](C(=O)O)CS3)sc2c1. The number of carboxylic acid groups (broad SMARTS) is 1. The Morgan fingerprint density at radius 3 is 2.28 bits per heavy atom. The number of carboxylic acids is 1. The molecule has 0 aliphatic carbocycles. The predicted octanol–water partition coefficient (Wildman–Crippen LogP) is 6.15. The number of hydrogen-bond donors (Lipinski definition) is 4. The third kappa shape index (κ3) is 18.1. The van der Waals surface area contributed by atoms with E-state index in [1.165, 1.54) is 30.0 Å². The van der Waals surface area contributed by atoms with Crippen LogP contribution in [0.4, 0.5) is 5.69 Å². The molecule has 0 radical (unpaired) electrons. The van der Waals surface area contributed by atoms with E-state index < -0.39 is 59.2 Å². The zero-order valence-electron chi connectivity index (χ0n) is 37.6. The van der Waals surface area contributed by atoms with Crippen LogP contribution in [0.3, 0.4) is 0 Å². The van der Waals surface area contributed by atoms with E-state index in [1.54, 1.807) is 39.0 Å². The Bertz CT molecular complexity index is 2120. The minimum absolute atomic E-state index is 0.00430. The van der Waals surface area contributed by atoms with E-state index in [0.717, 1.165) is 23.2 Å². The number of carbonyl (C=O) groups excluding carboxylic acids is 6. The summed E-state index contributed by atoms with van der Waals surface area (Å²) in [6, 6.07) is 12.5.